The number of fused-ring (bicyclic) bond motifs is 1. The Balaban J connectivity index is 1.61. The van der Waals surface area contributed by atoms with E-state index in [1.165, 1.54) is 5.56 Å². The molecule has 1 saturated heterocycles. The molecule has 7 nitrogen and oxygen atoms in total. The SMILES string of the molecule is Cc1ccc2nc([C@H]3CCCN3C(=O)Cc3c(C)[nH][nH]c3=O)[nH]c2c1. The molecule has 130 valence electrons. The predicted molar refractivity (Wildman–Crippen MR) is 94.4 cm³/mol. The number of imidazole rings is 1. The smallest absolute Gasteiger partial charge is 0.267 e. The lowest BCUT2D eigenvalue weighted by Crippen LogP contribution is -2.33. The van der Waals surface area contributed by atoms with Crippen molar-refractivity contribution in [3.8, 4) is 0 Å². The number of hydrogen-bond acceptors (Lipinski definition) is 3. The predicted octanol–water partition coefficient (Wildman–Crippen LogP) is 2.10. The molecule has 1 aliphatic rings. The molecule has 1 aromatic carbocycles. The first-order valence-electron chi connectivity index (χ1n) is 8.55. The van der Waals surface area contributed by atoms with Crippen molar-refractivity contribution in [2.24, 2.45) is 0 Å². The normalized spacial score (nSPS) is 17.5. The van der Waals surface area contributed by atoms with Gasteiger partial charge in [-0.25, -0.2) is 4.98 Å². The van der Waals surface area contributed by atoms with E-state index >= 15 is 0 Å². The number of aromatic nitrogens is 4. The molecule has 4 rings (SSSR count). The van der Waals surface area contributed by atoms with Crippen molar-refractivity contribution in [2.75, 3.05) is 6.54 Å². The van der Waals surface area contributed by atoms with Gasteiger partial charge < -0.3 is 15.0 Å². The van der Waals surface area contributed by atoms with Gasteiger partial charge >= 0.3 is 0 Å². The quantitative estimate of drug-likeness (QED) is 0.681. The van der Waals surface area contributed by atoms with Crippen LogP contribution in [0, 0.1) is 13.8 Å². The topological polar surface area (TPSA) is 97.6 Å². The van der Waals surface area contributed by atoms with Gasteiger partial charge in [0, 0.05) is 17.8 Å². The number of carbonyl (C=O) groups is 1. The van der Waals surface area contributed by atoms with Crippen molar-refractivity contribution < 1.29 is 4.79 Å². The molecule has 3 N–H and O–H groups in total. The summed E-state index contributed by atoms with van der Waals surface area (Å²) in [6, 6.07) is 6.04. The number of nitrogens with zero attached hydrogens (tertiary/aromatic N) is 2. The minimum absolute atomic E-state index is 0.0349. The van der Waals surface area contributed by atoms with E-state index in [9.17, 15) is 9.59 Å². The standard InChI is InChI=1S/C18H21N5O2/c1-10-5-6-13-14(8-10)20-17(19-13)15-4-3-7-23(15)16(24)9-12-11(2)21-22-18(12)25/h5-6,8,15H,3-4,7,9H2,1-2H3,(H,19,20)(H2,21,22,25)/t15-/m1/s1. The van der Waals surface area contributed by atoms with Crippen molar-refractivity contribution in [3.63, 3.8) is 0 Å². The van der Waals surface area contributed by atoms with Crippen LogP contribution in [0.3, 0.4) is 0 Å². The Morgan fingerprint density at radius 3 is 2.92 bits per heavy atom. The van der Waals surface area contributed by atoms with E-state index in [0.29, 0.717) is 17.8 Å². The molecule has 2 aromatic heterocycles. The highest BCUT2D eigenvalue weighted by atomic mass is 16.2. The maximum atomic E-state index is 12.8. The fourth-order valence-corrected chi connectivity index (χ4v) is 3.59. The van der Waals surface area contributed by atoms with E-state index in [1.54, 1.807) is 6.92 Å². The van der Waals surface area contributed by atoms with E-state index in [4.69, 9.17) is 0 Å². The van der Waals surface area contributed by atoms with Crippen molar-refractivity contribution in [3.05, 3.63) is 51.2 Å². The third-order valence-corrected chi connectivity index (χ3v) is 4.96. The summed E-state index contributed by atoms with van der Waals surface area (Å²) in [7, 11) is 0. The monoisotopic (exact) mass is 339 g/mol. The second-order valence-electron chi connectivity index (χ2n) is 6.75. The first-order valence-corrected chi connectivity index (χ1v) is 8.55. The Hall–Kier alpha value is -2.83. The maximum Gasteiger partial charge on any atom is 0.267 e. The van der Waals surface area contributed by atoms with Crippen LogP contribution < -0.4 is 5.56 Å². The van der Waals surface area contributed by atoms with Crippen LogP contribution >= 0.6 is 0 Å². The fraction of sp³-hybridized carbons (Fsp3) is 0.389. The Bertz CT molecular complexity index is 996. The minimum atomic E-state index is -0.221. The van der Waals surface area contributed by atoms with Gasteiger partial charge in [0.1, 0.15) is 5.82 Å². The highest BCUT2D eigenvalue weighted by molar-refractivity contribution is 5.80. The first-order chi connectivity index (χ1) is 12.0. The first kappa shape index (κ1) is 15.7. The van der Waals surface area contributed by atoms with E-state index < -0.39 is 0 Å². The van der Waals surface area contributed by atoms with Gasteiger partial charge in [-0.2, -0.15) is 0 Å². The van der Waals surface area contributed by atoms with Crippen LogP contribution in [0.5, 0.6) is 0 Å². The van der Waals surface area contributed by atoms with E-state index in [1.807, 2.05) is 24.0 Å². The lowest BCUT2D eigenvalue weighted by Gasteiger charge is -2.23. The molecule has 0 unspecified atom stereocenters. The summed E-state index contributed by atoms with van der Waals surface area (Å²) in [5.41, 5.74) is 4.08. The number of hydrogen-bond donors (Lipinski definition) is 3. The number of nitrogens with one attached hydrogen (secondary N) is 3. The Morgan fingerprint density at radius 2 is 2.16 bits per heavy atom. The van der Waals surface area contributed by atoms with Crippen LogP contribution in [0.15, 0.2) is 23.0 Å². The average molecular weight is 339 g/mol. The Morgan fingerprint density at radius 1 is 1.32 bits per heavy atom. The molecule has 3 aromatic rings. The number of amides is 1. The zero-order valence-corrected chi connectivity index (χ0v) is 14.3. The molecule has 7 heteroatoms. The number of benzene rings is 1. The number of aryl methyl sites for hydroxylation is 2. The van der Waals surface area contributed by atoms with E-state index in [2.05, 4.69) is 26.2 Å². The summed E-state index contributed by atoms with van der Waals surface area (Å²) < 4.78 is 0. The summed E-state index contributed by atoms with van der Waals surface area (Å²) >= 11 is 0. The molecule has 0 spiro atoms. The molecule has 1 aliphatic heterocycles. The number of aromatic amines is 3. The molecular weight excluding hydrogens is 318 g/mol. The largest absolute Gasteiger partial charge is 0.340 e. The molecule has 0 radical (unpaired) electrons. The summed E-state index contributed by atoms with van der Waals surface area (Å²) in [4.78, 5) is 34.5. The van der Waals surface area contributed by atoms with Crippen molar-refractivity contribution in [1.82, 2.24) is 25.1 Å². The molecule has 1 fully saturated rings. The van der Waals surface area contributed by atoms with Crippen molar-refractivity contribution >= 4 is 16.9 Å². The van der Waals surface area contributed by atoms with Gasteiger partial charge in [0.05, 0.1) is 23.5 Å². The molecule has 3 heterocycles. The number of rotatable bonds is 3. The Labute approximate surface area is 144 Å². The van der Waals surface area contributed by atoms with Crippen LogP contribution in [0.2, 0.25) is 0 Å². The van der Waals surface area contributed by atoms with Crippen molar-refractivity contribution in [2.45, 2.75) is 39.2 Å². The van der Waals surface area contributed by atoms with E-state index in [-0.39, 0.29) is 23.9 Å². The third kappa shape index (κ3) is 2.75. The molecule has 1 amide bonds. The van der Waals surface area contributed by atoms with Crippen LogP contribution in [0.4, 0.5) is 0 Å². The molecule has 0 bridgehead atoms. The minimum Gasteiger partial charge on any atom is -0.340 e. The fourth-order valence-electron chi connectivity index (χ4n) is 3.59. The molecule has 0 saturated carbocycles. The lowest BCUT2D eigenvalue weighted by molar-refractivity contribution is -0.131. The van der Waals surface area contributed by atoms with E-state index in [0.717, 1.165) is 29.7 Å². The van der Waals surface area contributed by atoms with Gasteiger partial charge in [0.15, 0.2) is 0 Å². The van der Waals surface area contributed by atoms with Gasteiger partial charge in [-0.3, -0.25) is 14.7 Å². The van der Waals surface area contributed by atoms with Gasteiger partial charge in [-0.1, -0.05) is 6.07 Å². The summed E-state index contributed by atoms with van der Waals surface area (Å²) in [6.07, 6.45) is 1.93. The second-order valence-corrected chi connectivity index (χ2v) is 6.75. The number of carbonyl (C=O) groups excluding carboxylic acids is 1. The molecule has 1 atom stereocenters. The highest BCUT2D eigenvalue weighted by Gasteiger charge is 2.32. The summed E-state index contributed by atoms with van der Waals surface area (Å²) in [5.74, 6) is 0.790. The highest BCUT2D eigenvalue weighted by Crippen LogP contribution is 2.32. The van der Waals surface area contributed by atoms with Crippen LogP contribution in [0.1, 0.15) is 41.5 Å². The molecule has 25 heavy (non-hydrogen) atoms. The van der Waals surface area contributed by atoms with Crippen LogP contribution in [0.25, 0.3) is 11.0 Å². The van der Waals surface area contributed by atoms with Gasteiger partial charge in [-0.15, -0.1) is 0 Å². The molecule has 0 aliphatic carbocycles. The second kappa shape index (κ2) is 5.91. The molecular formula is C18H21N5O2. The lowest BCUT2D eigenvalue weighted by atomic mass is 10.1. The summed E-state index contributed by atoms with van der Waals surface area (Å²) in [6.45, 7) is 4.53. The zero-order chi connectivity index (χ0) is 17.6. The third-order valence-electron chi connectivity index (χ3n) is 4.96. The average Bonchev–Trinajstić information content (AvgIpc) is 3.28. The maximum absolute atomic E-state index is 12.8. The summed E-state index contributed by atoms with van der Waals surface area (Å²) in [5, 5.41) is 5.30. The Kier molecular flexibility index (Phi) is 3.71. The number of likely N-dealkylation sites (tertiary alicyclic amines) is 1. The van der Waals surface area contributed by atoms with Crippen LogP contribution in [-0.4, -0.2) is 37.5 Å². The number of H-pyrrole nitrogens is 3. The van der Waals surface area contributed by atoms with Gasteiger partial charge in [0.2, 0.25) is 5.91 Å². The van der Waals surface area contributed by atoms with Gasteiger partial charge in [-0.05, 0) is 44.4 Å². The van der Waals surface area contributed by atoms with Crippen LogP contribution in [-0.2, 0) is 11.2 Å². The van der Waals surface area contributed by atoms with Crippen molar-refractivity contribution in [1.29, 1.82) is 0 Å². The zero-order valence-electron chi connectivity index (χ0n) is 14.3. The van der Waals surface area contributed by atoms with Gasteiger partial charge in [0.25, 0.3) is 5.56 Å².